The number of hydrogen-bond acceptors (Lipinski definition) is 5. The van der Waals surface area contributed by atoms with Gasteiger partial charge in [0.15, 0.2) is 0 Å². The van der Waals surface area contributed by atoms with E-state index in [-0.39, 0.29) is 5.91 Å². The Balaban J connectivity index is 1.68. The average molecular weight is 316 g/mol. The monoisotopic (exact) mass is 316 g/mol. The number of anilines is 1. The molecule has 1 aliphatic rings. The van der Waals surface area contributed by atoms with Gasteiger partial charge >= 0.3 is 0 Å². The van der Waals surface area contributed by atoms with Crippen LogP contribution in [0, 0.1) is 6.92 Å². The Bertz CT molecular complexity index is 636. The molecule has 1 amide bonds. The molecule has 3 rings (SSSR count). The molecule has 0 saturated carbocycles. The number of rotatable bonds is 4. The van der Waals surface area contributed by atoms with Crippen molar-refractivity contribution in [2.24, 2.45) is 0 Å². The Morgan fingerprint density at radius 1 is 1.32 bits per heavy atom. The number of nitrogens with zero attached hydrogens (tertiary/aromatic N) is 3. The summed E-state index contributed by atoms with van der Waals surface area (Å²) < 4.78 is 0. The van der Waals surface area contributed by atoms with E-state index in [1.54, 1.807) is 0 Å². The fourth-order valence-corrected chi connectivity index (χ4v) is 3.27. The summed E-state index contributed by atoms with van der Waals surface area (Å²) in [5, 5.41) is 4.78. The standard InChI is InChI=1S/C16H20N4OS/c1-12-10-15(20-7-3-2-4-8-20)19-14(18-12)11-17-16(21)13-6-5-9-22-13/h5-6,9-10H,2-4,7-8,11H2,1H3,(H,17,21). The average Bonchev–Trinajstić information content (AvgIpc) is 3.07. The molecule has 5 nitrogen and oxygen atoms in total. The van der Waals surface area contributed by atoms with Gasteiger partial charge in [-0.05, 0) is 37.6 Å². The highest BCUT2D eigenvalue weighted by Crippen LogP contribution is 2.18. The second kappa shape index (κ2) is 6.87. The molecule has 0 atom stereocenters. The number of thiophene rings is 1. The first-order valence-electron chi connectivity index (χ1n) is 7.63. The van der Waals surface area contributed by atoms with Gasteiger partial charge in [-0.25, -0.2) is 9.97 Å². The van der Waals surface area contributed by atoms with Crippen LogP contribution in [-0.2, 0) is 6.54 Å². The Hall–Kier alpha value is -1.95. The molecule has 3 heterocycles. The number of nitrogens with one attached hydrogen (secondary N) is 1. The van der Waals surface area contributed by atoms with Crippen molar-refractivity contribution in [2.75, 3.05) is 18.0 Å². The zero-order chi connectivity index (χ0) is 15.4. The number of aromatic nitrogens is 2. The van der Waals surface area contributed by atoms with Gasteiger partial charge in [-0.3, -0.25) is 4.79 Å². The first-order valence-corrected chi connectivity index (χ1v) is 8.51. The first-order chi connectivity index (χ1) is 10.7. The van der Waals surface area contributed by atoms with Crippen LogP contribution in [0.25, 0.3) is 0 Å². The van der Waals surface area contributed by atoms with Gasteiger partial charge < -0.3 is 10.2 Å². The highest BCUT2D eigenvalue weighted by Gasteiger charge is 2.14. The van der Waals surface area contributed by atoms with E-state index in [0.717, 1.165) is 24.6 Å². The van der Waals surface area contributed by atoms with Crippen LogP contribution in [0.3, 0.4) is 0 Å². The van der Waals surface area contributed by atoms with Crippen molar-refractivity contribution in [1.29, 1.82) is 0 Å². The Morgan fingerprint density at radius 2 is 2.14 bits per heavy atom. The Kier molecular flexibility index (Phi) is 4.68. The normalized spacial score (nSPS) is 14.9. The number of aryl methyl sites for hydroxylation is 1. The molecule has 1 saturated heterocycles. The summed E-state index contributed by atoms with van der Waals surface area (Å²) in [5.41, 5.74) is 0.941. The van der Waals surface area contributed by atoms with E-state index < -0.39 is 0 Å². The summed E-state index contributed by atoms with van der Waals surface area (Å²) >= 11 is 1.43. The largest absolute Gasteiger partial charge is 0.357 e. The lowest BCUT2D eigenvalue weighted by molar-refractivity contribution is 0.0954. The SMILES string of the molecule is Cc1cc(N2CCCCC2)nc(CNC(=O)c2cccs2)n1. The van der Waals surface area contributed by atoms with E-state index in [4.69, 9.17) is 0 Å². The second-order valence-corrected chi connectivity index (χ2v) is 6.44. The van der Waals surface area contributed by atoms with Crippen LogP contribution in [0.4, 0.5) is 5.82 Å². The van der Waals surface area contributed by atoms with E-state index in [0.29, 0.717) is 17.2 Å². The van der Waals surface area contributed by atoms with Crippen molar-refractivity contribution in [3.63, 3.8) is 0 Å². The molecule has 0 radical (unpaired) electrons. The zero-order valence-corrected chi connectivity index (χ0v) is 13.5. The van der Waals surface area contributed by atoms with Crippen molar-refractivity contribution < 1.29 is 4.79 Å². The van der Waals surface area contributed by atoms with Crippen LogP contribution in [0.1, 0.15) is 40.5 Å². The van der Waals surface area contributed by atoms with Crippen LogP contribution in [0.15, 0.2) is 23.6 Å². The quantitative estimate of drug-likeness (QED) is 0.942. The molecule has 1 fully saturated rings. The van der Waals surface area contributed by atoms with Gasteiger partial charge in [0.25, 0.3) is 5.91 Å². The van der Waals surface area contributed by atoms with Crippen LogP contribution in [0.5, 0.6) is 0 Å². The predicted octanol–water partition coefficient (Wildman–Crippen LogP) is 2.77. The maximum atomic E-state index is 12.0. The van der Waals surface area contributed by atoms with Gasteiger partial charge in [-0.1, -0.05) is 6.07 Å². The molecule has 2 aromatic heterocycles. The molecule has 6 heteroatoms. The summed E-state index contributed by atoms with van der Waals surface area (Å²) in [4.78, 5) is 24.1. The molecule has 0 aliphatic carbocycles. The number of amides is 1. The zero-order valence-electron chi connectivity index (χ0n) is 12.7. The van der Waals surface area contributed by atoms with Crippen LogP contribution < -0.4 is 10.2 Å². The predicted molar refractivity (Wildman–Crippen MR) is 88.3 cm³/mol. The molecular formula is C16H20N4OS. The van der Waals surface area contributed by atoms with Gasteiger partial charge in [0.1, 0.15) is 11.6 Å². The lowest BCUT2D eigenvalue weighted by Crippen LogP contribution is -2.31. The van der Waals surface area contributed by atoms with Gasteiger partial charge in [0, 0.05) is 24.8 Å². The van der Waals surface area contributed by atoms with Crippen LogP contribution >= 0.6 is 11.3 Å². The molecule has 2 aromatic rings. The molecular weight excluding hydrogens is 296 g/mol. The van der Waals surface area contributed by atoms with Gasteiger partial charge in [-0.15, -0.1) is 11.3 Å². The summed E-state index contributed by atoms with van der Waals surface area (Å²) in [5.74, 6) is 1.58. The molecule has 0 spiro atoms. The molecule has 1 aliphatic heterocycles. The van der Waals surface area contributed by atoms with Crippen molar-refractivity contribution in [3.8, 4) is 0 Å². The third kappa shape index (κ3) is 3.62. The molecule has 22 heavy (non-hydrogen) atoms. The van der Waals surface area contributed by atoms with E-state index in [1.807, 2.05) is 30.5 Å². The van der Waals surface area contributed by atoms with E-state index >= 15 is 0 Å². The van der Waals surface area contributed by atoms with Crippen molar-refractivity contribution >= 4 is 23.1 Å². The minimum absolute atomic E-state index is 0.0698. The van der Waals surface area contributed by atoms with Gasteiger partial charge in [0.05, 0.1) is 11.4 Å². The van der Waals surface area contributed by atoms with Crippen molar-refractivity contribution in [1.82, 2.24) is 15.3 Å². The van der Waals surface area contributed by atoms with Gasteiger partial charge in [-0.2, -0.15) is 0 Å². The topological polar surface area (TPSA) is 58.1 Å². The van der Waals surface area contributed by atoms with E-state index in [1.165, 1.54) is 30.6 Å². The fourth-order valence-electron chi connectivity index (χ4n) is 2.63. The summed E-state index contributed by atoms with van der Waals surface area (Å²) in [6.07, 6.45) is 3.73. The highest BCUT2D eigenvalue weighted by molar-refractivity contribution is 7.12. The molecule has 0 bridgehead atoms. The third-order valence-electron chi connectivity index (χ3n) is 3.72. The molecule has 0 unspecified atom stereocenters. The molecule has 1 N–H and O–H groups in total. The van der Waals surface area contributed by atoms with Crippen molar-refractivity contribution in [3.05, 3.63) is 40.0 Å². The van der Waals surface area contributed by atoms with Gasteiger partial charge in [0.2, 0.25) is 0 Å². The molecule has 116 valence electrons. The minimum atomic E-state index is -0.0698. The first kappa shape index (κ1) is 15.0. The minimum Gasteiger partial charge on any atom is -0.357 e. The van der Waals surface area contributed by atoms with E-state index in [9.17, 15) is 4.79 Å². The maximum absolute atomic E-state index is 12.0. The number of carbonyl (C=O) groups excluding carboxylic acids is 1. The summed E-state index contributed by atoms with van der Waals surface area (Å²) in [6.45, 7) is 4.44. The van der Waals surface area contributed by atoms with Crippen LogP contribution in [0.2, 0.25) is 0 Å². The lowest BCUT2D eigenvalue weighted by atomic mass is 10.1. The fraction of sp³-hybridized carbons (Fsp3) is 0.438. The Morgan fingerprint density at radius 3 is 2.86 bits per heavy atom. The highest BCUT2D eigenvalue weighted by atomic mass is 32.1. The smallest absolute Gasteiger partial charge is 0.261 e. The third-order valence-corrected chi connectivity index (χ3v) is 4.59. The lowest BCUT2D eigenvalue weighted by Gasteiger charge is -2.28. The number of hydrogen-bond donors (Lipinski definition) is 1. The second-order valence-electron chi connectivity index (χ2n) is 5.49. The Labute approximate surface area is 134 Å². The van der Waals surface area contributed by atoms with E-state index in [2.05, 4.69) is 20.2 Å². The van der Waals surface area contributed by atoms with Crippen LogP contribution in [-0.4, -0.2) is 29.0 Å². The van der Waals surface area contributed by atoms with Crippen molar-refractivity contribution in [2.45, 2.75) is 32.7 Å². The number of carbonyl (C=O) groups is 1. The number of piperidine rings is 1. The molecule has 0 aromatic carbocycles. The summed E-state index contributed by atoms with van der Waals surface area (Å²) in [6, 6.07) is 5.71. The maximum Gasteiger partial charge on any atom is 0.261 e. The summed E-state index contributed by atoms with van der Waals surface area (Å²) in [7, 11) is 0.